The first-order valence-electron chi connectivity index (χ1n) is 8.26. The smallest absolute Gasteiger partial charge is 0.306 e. The Morgan fingerprint density at radius 3 is 1.65 bits per heavy atom. The Bertz CT molecular complexity index is 989. The highest BCUT2D eigenvalue weighted by atomic mass is 31.1. The molecule has 2 aromatic heterocycles. The molecule has 2 heterocycles. The molecule has 0 bridgehead atoms. The summed E-state index contributed by atoms with van der Waals surface area (Å²) in [5.41, 5.74) is 3.47. The van der Waals surface area contributed by atoms with E-state index in [0.717, 1.165) is 32.9 Å². The summed E-state index contributed by atoms with van der Waals surface area (Å²) in [6, 6.07) is 19.4. The molecule has 6 heteroatoms. The predicted octanol–water partition coefficient (Wildman–Crippen LogP) is 4.91. The number of hydrogen-bond donors (Lipinski definition) is 0. The van der Waals surface area contributed by atoms with E-state index in [9.17, 15) is 4.57 Å². The van der Waals surface area contributed by atoms with E-state index in [2.05, 4.69) is 9.97 Å². The number of rotatable bonds is 6. The van der Waals surface area contributed by atoms with E-state index in [0.29, 0.717) is 0 Å². The van der Waals surface area contributed by atoms with Gasteiger partial charge in [-0.2, -0.15) is 0 Å². The number of para-hydroxylation sites is 2. The minimum atomic E-state index is -2.63. The first kappa shape index (κ1) is 16.9. The molecule has 0 atom stereocenters. The summed E-state index contributed by atoms with van der Waals surface area (Å²) >= 11 is 0. The summed E-state index contributed by atoms with van der Waals surface area (Å²) in [7, 11) is -2.63. The monoisotopic (exact) mass is 364 g/mol. The Morgan fingerprint density at radius 1 is 0.692 bits per heavy atom. The van der Waals surface area contributed by atoms with Gasteiger partial charge in [-0.1, -0.05) is 48.5 Å². The lowest BCUT2D eigenvalue weighted by Crippen LogP contribution is -1.93. The van der Waals surface area contributed by atoms with Crippen molar-refractivity contribution in [2.45, 2.75) is 13.2 Å². The van der Waals surface area contributed by atoms with E-state index < -0.39 is 8.25 Å². The van der Waals surface area contributed by atoms with Crippen LogP contribution in [0, 0.1) is 0 Å². The molecular weight excluding hydrogens is 347 g/mol. The number of hydrogen-bond acceptors (Lipinski definition) is 5. The quantitative estimate of drug-likeness (QED) is 0.455. The van der Waals surface area contributed by atoms with Crippen LogP contribution in [0.25, 0.3) is 21.8 Å². The standard InChI is InChI=1S/C20H17N2O3P/c23-26(24-13-17-7-1-5-15-9-3-11-21-19(15)17)25-14-18-8-2-6-16-10-4-12-22-20(16)18/h1-12,26H,13-14H2. The zero-order chi connectivity index (χ0) is 17.8. The highest BCUT2D eigenvalue weighted by Crippen LogP contribution is 2.30. The van der Waals surface area contributed by atoms with Crippen LogP contribution in [0.4, 0.5) is 0 Å². The SMILES string of the molecule is O=[PH](OCc1cccc2cccnc12)OCc1cccc2cccnc12. The molecule has 0 saturated carbocycles. The normalized spacial score (nSPS) is 11.4. The zero-order valence-electron chi connectivity index (χ0n) is 14.0. The molecule has 0 radical (unpaired) electrons. The van der Waals surface area contributed by atoms with Gasteiger partial charge in [0.25, 0.3) is 0 Å². The van der Waals surface area contributed by atoms with Crippen LogP contribution in [0.1, 0.15) is 11.1 Å². The minimum Gasteiger partial charge on any atom is -0.306 e. The molecule has 0 spiro atoms. The molecule has 0 N–H and O–H groups in total. The number of benzene rings is 2. The maximum absolute atomic E-state index is 12.2. The van der Waals surface area contributed by atoms with Gasteiger partial charge in [0.05, 0.1) is 24.2 Å². The van der Waals surface area contributed by atoms with Gasteiger partial charge >= 0.3 is 8.25 Å². The van der Waals surface area contributed by atoms with Gasteiger partial charge in [-0.15, -0.1) is 0 Å². The van der Waals surface area contributed by atoms with Crippen molar-refractivity contribution < 1.29 is 13.6 Å². The van der Waals surface area contributed by atoms with E-state index >= 15 is 0 Å². The zero-order valence-corrected chi connectivity index (χ0v) is 15.0. The van der Waals surface area contributed by atoms with Crippen molar-refractivity contribution in [3.05, 3.63) is 84.2 Å². The molecule has 0 amide bonds. The second-order valence-corrected chi connectivity index (χ2v) is 6.89. The van der Waals surface area contributed by atoms with Crippen LogP contribution in [-0.2, 0) is 26.8 Å². The third kappa shape index (κ3) is 3.65. The van der Waals surface area contributed by atoms with Crippen molar-refractivity contribution >= 4 is 30.1 Å². The Balaban J connectivity index is 1.41. The van der Waals surface area contributed by atoms with Crippen LogP contribution in [0.5, 0.6) is 0 Å². The molecule has 0 aliphatic carbocycles. The van der Waals surface area contributed by atoms with Crippen LogP contribution < -0.4 is 0 Å². The molecule has 4 rings (SSSR count). The van der Waals surface area contributed by atoms with E-state index in [-0.39, 0.29) is 13.2 Å². The van der Waals surface area contributed by atoms with Gasteiger partial charge < -0.3 is 9.05 Å². The molecule has 0 saturated heterocycles. The van der Waals surface area contributed by atoms with Crippen LogP contribution in [-0.4, -0.2) is 9.97 Å². The molecule has 0 fully saturated rings. The fourth-order valence-electron chi connectivity index (χ4n) is 2.88. The molecule has 2 aromatic carbocycles. The van der Waals surface area contributed by atoms with Crippen LogP contribution in [0.15, 0.2) is 73.1 Å². The second kappa shape index (κ2) is 7.75. The van der Waals surface area contributed by atoms with Crippen molar-refractivity contribution in [1.82, 2.24) is 9.97 Å². The van der Waals surface area contributed by atoms with Gasteiger partial charge in [-0.05, 0) is 12.1 Å². The molecular formula is C20H17N2O3P. The summed E-state index contributed by atoms with van der Waals surface area (Å²) in [4.78, 5) is 8.73. The van der Waals surface area contributed by atoms with Crippen LogP contribution >= 0.6 is 8.25 Å². The Kier molecular flexibility index (Phi) is 5.02. The van der Waals surface area contributed by atoms with Crippen molar-refractivity contribution in [2.75, 3.05) is 0 Å². The van der Waals surface area contributed by atoms with Crippen LogP contribution in [0.3, 0.4) is 0 Å². The van der Waals surface area contributed by atoms with Gasteiger partial charge in [0, 0.05) is 34.3 Å². The number of fused-ring (bicyclic) bond motifs is 2. The van der Waals surface area contributed by atoms with Crippen molar-refractivity contribution in [3.8, 4) is 0 Å². The maximum atomic E-state index is 12.2. The summed E-state index contributed by atoms with van der Waals surface area (Å²) in [6.45, 7) is 0.389. The summed E-state index contributed by atoms with van der Waals surface area (Å²) in [6.07, 6.45) is 3.47. The van der Waals surface area contributed by atoms with E-state index in [1.807, 2.05) is 60.7 Å². The lowest BCUT2D eigenvalue weighted by atomic mass is 10.1. The Morgan fingerprint density at radius 2 is 1.15 bits per heavy atom. The fourth-order valence-corrected chi connectivity index (χ4v) is 3.51. The Labute approximate surface area is 151 Å². The second-order valence-electron chi connectivity index (χ2n) is 5.81. The highest BCUT2D eigenvalue weighted by Gasteiger charge is 2.07. The van der Waals surface area contributed by atoms with E-state index in [1.165, 1.54) is 0 Å². The minimum absolute atomic E-state index is 0.194. The first-order chi connectivity index (χ1) is 12.8. The van der Waals surface area contributed by atoms with Crippen LogP contribution in [0.2, 0.25) is 0 Å². The predicted molar refractivity (Wildman–Crippen MR) is 102 cm³/mol. The molecule has 0 aliphatic rings. The lowest BCUT2D eigenvalue weighted by molar-refractivity contribution is 0.214. The molecule has 0 aliphatic heterocycles. The van der Waals surface area contributed by atoms with Gasteiger partial charge in [-0.25, -0.2) is 0 Å². The van der Waals surface area contributed by atoms with E-state index in [1.54, 1.807) is 12.4 Å². The molecule has 4 aromatic rings. The number of nitrogens with zero attached hydrogens (tertiary/aromatic N) is 2. The van der Waals surface area contributed by atoms with E-state index in [4.69, 9.17) is 9.05 Å². The third-order valence-corrected chi connectivity index (χ3v) is 4.88. The molecule has 130 valence electrons. The van der Waals surface area contributed by atoms with Gasteiger partial charge in [0.15, 0.2) is 0 Å². The van der Waals surface area contributed by atoms with Gasteiger partial charge in [-0.3, -0.25) is 14.5 Å². The topological polar surface area (TPSA) is 61.3 Å². The fraction of sp³-hybridized carbons (Fsp3) is 0.100. The average Bonchev–Trinajstić information content (AvgIpc) is 2.70. The first-order valence-corrected chi connectivity index (χ1v) is 9.48. The lowest BCUT2D eigenvalue weighted by Gasteiger charge is -2.09. The largest absolute Gasteiger partial charge is 0.319 e. The molecule has 0 unspecified atom stereocenters. The summed E-state index contributed by atoms with van der Waals surface area (Å²) < 4.78 is 23.0. The highest BCUT2D eigenvalue weighted by molar-refractivity contribution is 7.33. The van der Waals surface area contributed by atoms with Crippen molar-refractivity contribution in [2.24, 2.45) is 0 Å². The van der Waals surface area contributed by atoms with Crippen molar-refractivity contribution in [1.29, 1.82) is 0 Å². The third-order valence-electron chi connectivity index (χ3n) is 4.12. The summed E-state index contributed by atoms with van der Waals surface area (Å²) in [5.74, 6) is 0. The van der Waals surface area contributed by atoms with Crippen molar-refractivity contribution in [3.63, 3.8) is 0 Å². The average molecular weight is 364 g/mol. The molecule has 26 heavy (non-hydrogen) atoms. The van der Waals surface area contributed by atoms with Gasteiger partial charge in [0.2, 0.25) is 0 Å². The Hall–Kier alpha value is -2.59. The number of pyridine rings is 2. The number of aromatic nitrogens is 2. The summed E-state index contributed by atoms with van der Waals surface area (Å²) in [5, 5.41) is 2.05. The molecule has 5 nitrogen and oxygen atoms in total. The van der Waals surface area contributed by atoms with Gasteiger partial charge in [0.1, 0.15) is 0 Å². The maximum Gasteiger partial charge on any atom is 0.319 e.